The zero-order chi connectivity index (χ0) is 13.7. The monoisotopic (exact) mass is 261 g/mol. The van der Waals surface area contributed by atoms with E-state index >= 15 is 0 Å². The van der Waals surface area contributed by atoms with Crippen LogP contribution in [0.1, 0.15) is 32.3 Å². The van der Waals surface area contributed by atoms with Gasteiger partial charge in [0.2, 0.25) is 0 Å². The molecule has 0 spiro atoms. The molecule has 0 bridgehead atoms. The molecule has 0 saturated heterocycles. The zero-order valence-electron chi connectivity index (χ0n) is 11.8. The number of esters is 1. The summed E-state index contributed by atoms with van der Waals surface area (Å²) in [6, 6.07) is 10.4. The average Bonchev–Trinajstić information content (AvgIpc) is 2.40. The summed E-state index contributed by atoms with van der Waals surface area (Å²) in [6.07, 6.45) is 1.91. The van der Waals surface area contributed by atoms with E-state index in [1.54, 1.807) is 0 Å². The SMILES string of the molecule is CCN(CC)[C@H]1C[C@@H](C(=O)OCc2ccccc2)C1. The summed E-state index contributed by atoms with van der Waals surface area (Å²) in [4.78, 5) is 14.3. The van der Waals surface area contributed by atoms with Crippen molar-refractivity contribution in [2.75, 3.05) is 13.1 Å². The summed E-state index contributed by atoms with van der Waals surface area (Å²) >= 11 is 0. The highest BCUT2D eigenvalue weighted by Crippen LogP contribution is 2.32. The molecule has 3 nitrogen and oxygen atoms in total. The molecule has 0 N–H and O–H groups in total. The van der Waals surface area contributed by atoms with Crippen molar-refractivity contribution in [3.05, 3.63) is 35.9 Å². The first-order chi connectivity index (χ1) is 9.24. The quantitative estimate of drug-likeness (QED) is 0.737. The Morgan fingerprint density at radius 2 is 1.84 bits per heavy atom. The second kappa shape index (κ2) is 6.71. The van der Waals surface area contributed by atoms with E-state index in [9.17, 15) is 4.79 Å². The summed E-state index contributed by atoms with van der Waals surface area (Å²) in [6.45, 7) is 6.86. The van der Waals surface area contributed by atoms with Gasteiger partial charge in [0.25, 0.3) is 0 Å². The second-order valence-electron chi connectivity index (χ2n) is 5.14. The number of benzene rings is 1. The average molecular weight is 261 g/mol. The van der Waals surface area contributed by atoms with E-state index in [0.717, 1.165) is 31.5 Å². The van der Waals surface area contributed by atoms with E-state index in [4.69, 9.17) is 4.74 Å². The Labute approximate surface area is 115 Å². The smallest absolute Gasteiger partial charge is 0.309 e. The summed E-state index contributed by atoms with van der Waals surface area (Å²) in [5, 5.41) is 0. The molecule has 0 atom stereocenters. The fourth-order valence-electron chi connectivity index (χ4n) is 2.66. The Morgan fingerprint density at radius 3 is 2.42 bits per heavy atom. The van der Waals surface area contributed by atoms with E-state index < -0.39 is 0 Å². The second-order valence-corrected chi connectivity index (χ2v) is 5.14. The largest absolute Gasteiger partial charge is 0.461 e. The number of nitrogens with zero attached hydrogens (tertiary/aromatic N) is 1. The van der Waals surface area contributed by atoms with Crippen molar-refractivity contribution in [3.63, 3.8) is 0 Å². The fraction of sp³-hybridized carbons (Fsp3) is 0.562. The number of hydrogen-bond acceptors (Lipinski definition) is 3. The van der Waals surface area contributed by atoms with Gasteiger partial charge in [-0.15, -0.1) is 0 Å². The van der Waals surface area contributed by atoms with Gasteiger partial charge in [0.05, 0.1) is 5.92 Å². The molecule has 3 heteroatoms. The minimum Gasteiger partial charge on any atom is -0.461 e. The molecule has 0 aliphatic heterocycles. The molecule has 1 aromatic rings. The van der Waals surface area contributed by atoms with Crippen LogP contribution in [0.2, 0.25) is 0 Å². The maximum absolute atomic E-state index is 11.9. The predicted molar refractivity (Wildman–Crippen MR) is 75.7 cm³/mol. The van der Waals surface area contributed by atoms with Crippen molar-refractivity contribution < 1.29 is 9.53 Å². The van der Waals surface area contributed by atoms with Crippen molar-refractivity contribution in [1.82, 2.24) is 4.90 Å². The molecule has 104 valence electrons. The van der Waals surface area contributed by atoms with Crippen LogP contribution >= 0.6 is 0 Å². The Balaban J connectivity index is 1.72. The molecule has 1 aliphatic carbocycles. The van der Waals surface area contributed by atoms with Crippen molar-refractivity contribution in [2.24, 2.45) is 5.92 Å². The summed E-state index contributed by atoms with van der Waals surface area (Å²) < 4.78 is 5.37. The molecule has 1 aromatic carbocycles. The maximum Gasteiger partial charge on any atom is 0.309 e. The summed E-state index contributed by atoms with van der Waals surface area (Å²) in [5.74, 6) is 0.0709. The van der Waals surface area contributed by atoms with Crippen LogP contribution in [-0.4, -0.2) is 30.0 Å². The van der Waals surface area contributed by atoms with E-state index in [2.05, 4.69) is 18.7 Å². The standard InChI is InChI=1S/C16H23NO2/c1-3-17(4-2)15-10-14(11-15)16(18)19-12-13-8-6-5-7-9-13/h5-9,14-15H,3-4,10-12H2,1-2H3/t14-,15+. The first-order valence-electron chi connectivity index (χ1n) is 7.19. The Kier molecular flexibility index (Phi) is 4.97. The Morgan fingerprint density at radius 1 is 1.21 bits per heavy atom. The maximum atomic E-state index is 11.9. The minimum absolute atomic E-state index is 0.0349. The fourth-order valence-corrected chi connectivity index (χ4v) is 2.66. The van der Waals surface area contributed by atoms with Crippen LogP contribution in [0.15, 0.2) is 30.3 Å². The van der Waals surface area contributed by atoms with Gasteiger partial charge in [0, 0.05) is 6.04 Å². The Bertz CT molecular complexity index is 394. The molecular weight excluding hydrogens is 238 g/mol. The molecule has 0 unspecified atom stereocenters. The van der Waals surface area contributed by atoms with Gasteiger partial charge in [-0.2, -0.15) is 0 Å². The van der Waals surface area contributed by atoms with Gasteiger partial charge < -0.3 is 9.64 Å². The minimum atomic E-state index is -0.0349. The number of hydrogen-bond donors (Lipinski definition) is 0. The van der Waals surface area contributed by atoms with Gasteiger partial charge in [-0.05, 0) is 31.5 Å². The molecule has 0 radical (unpaired) electrons. The van der Waals surface area contributed by atoms with Gasteiger partial charge in [-0.1, -0.05) is 44.2 Å². The molecule has 19 heavy (non-hydrogen) atoms. The van der Waals surface area contributed by atoms with Crippen LogP contribution in [0.5, 0.6) is 0 Å². The van der Waals surface area contributed by atoms with E-state index in [1.807, 2.05) is 30.3 Å². The number of carbonyl (C=O) groups excluding carboxylic acids is 1. The van der Waals surface area contributed by atoms with E-state index in [0.29, 0.717) is 12.6 Å². The lowest BCUT2D eigenvalue weighted by Gasteiger charge is -2.40. The van der Waals surface area contributed by atoms with Gasteiger partial charge in [-0.25, -0.2) is 0 Å². The summed E-state index contributed by atoms with van der Waals surface area (Å²) in [5.41, 5.74) is 1.05. The lowest BCUT2D eigenvalue weighted by atomic mass is 9.79. The third-order valence-electron chi connectivity index (χ3n) is 4.00. The van der Waals surface area contributed by atoms with Crippen LogP contribution in [-0.2, 0) is 16.1 Å². The summed E-state index contributed by atoms with van der Waals surface area (Å²) in [7, 11) is 0. The van der Waals surface area contributed by atoms with Crippen molar-refractivity contribution in [2.45, 2.75) is 39.3 Å². The van der Waals surface area contributed by atoms with Gasteiger partial charge in [0.1, 0.15) is 6.61 Å². The molecule has 1 fully saturated rings. The van der Waals surface area contributed by atoms with Crippen LogP contribution < -0.4 is 0 Å². The van der Waals surface area contributed by atoms with Gasteiger partial charge >= 0.3 is 5.97 Å². The van der Waals surface area contributed by atoms with Gasteiger partial charge in [-0.3, -0.25) is 4.79 Å². The predicted octanol–water partition coefficient (Wildman–Crippen LogP) is 2.85. The molecule has 2 rings (SSSR count). The van der Waals surface area contributed by atoms with Crippen LogP contribution in [0.4, 0.5) is 0 Å². The lowest BCUT2D eigenvalue weighted by molar-refractivity contribution is -0.155. The topological polar surface area (TPSA) is 29.5 Å². The van der Waals surface area contributed by atoms with Crippen LogP contribution in [0.3, 0.4) is 0 Å². The highest BCUT2D eigenvalue weighted by Gasteiger charge is 2.37. The third kappa shape index (κ3) is 3.57. The van der Waals surface area contributed by atoms with Crippen molar-refractivity contribution >= 4 is 5.97 Å². The molecule has 1 saturated carbocycles. The van der Waals surface area contributed by atoms with Crippen LogP contribution in [0, 0.1) is 5.92 Å². The highest BCUT2D eigenvalue weighted by molar-refractivity contribution is 5.73. The van der Waals surface area contributed by atoms with Gasteiger partial charge in [0.15, 0.2) is 0 Å². The lowest BCUT2D eigenvalue weighted by Crippen LogP contribution is -2.47. The normalized spacial score (nSPS) is 22.1. The molecule has 0 heterocycles. The highest BCUT2D eigenvalue weighted by atomic mass is 16.5. The first kappa shape index (κ1) is 14.1. The molecule has 1 aliphatic rings. The Hall–Kier alpha value is -1.35. The number of rotatable bonds is 6. The number of carbonyl (C=O) groups is 1. The third-order valence-corrected chi connectivity index (χ3v) is 4.00. The number of ether oxygens (including phenoxy) is 1. The van der Waals surface area contributed by atoms with E-state index in [1.165, 1.54) is 0 Å². The van der Waals surface area contributed by atoms with Crippen LogP contribution in [0.25, 0.3) is 0 Å². The van der Waals surface area contributed by atoms with Crippen molar-refractivity contribution in [3.8, 4) is 0 Å². The zero-order valence-corrected chi connectivity index (χ0v) is 11.8. The van der Waals surface area contributed by atoms with Crippen molar-refractivity contribution in [1.29, 1.82) is 0 Å². The first-order valence-corrected chi connectivity index (χ1v) is 7.19. The molecule has 0 aromatic heterocycles. The van der Waals surface area contributed by atoms with E-state index in [-0.39, 0.29) is 11.9 Å². The molecular formula is C16H23NO2. The molecule has 0 amide bonds.